The minimum absolute atomic E-state index is 0.0351. The first-order valence-electron chi connectivity index (χ1n) is 6.87. The molecule has 0 atom stereocenters. The quantitative estimate of drug-likeness (QED) is 0.866. The molecule has 1 aliphatic carbocycles. The zero-order valence-corrected chi connectivity index (χ0v) is 12.0. The van der Waals surface area contributed by atoms with Crippen LogP contribution in [0.2, 0.25) is 5.02 Å². The number of ether oxygens (including phenoxy) is 1. The lowest BCUT2D eigenvalue weighted by Gasteiger charge is -2.19. The molecule has 1 saturated carbocycles. The highest BCUT2D eigenvalue weighted by Crippen LogP contribution is 2.24. The maximum absolute atomic E-state index is 11.8. The number of benzene rings is 1. The smallest absolute Gasteiger partial charge is 0.309 e. The van der Waals surface area contributed by atoms with E-state index in [0.717, 1.165) is 25.7 Å². The Bertz CT molecular complexity index is 467. The van der Waals surface area contributed by atoms with Gasteiger partial charge in [0.05, 0.1) is 5.92 Å². The van der Waals surface area contributed by atoms with Crippen molar-refractivity contribution in [2.45, 2.75) is 32.1 Å². The molecule has 0 bridgehead atoms. The fourth-order valence-corrected chi connectivity index (χ4v) is 2.45. The van der Waals surface area contributed by atoms with E-state index in [1.54, 1.807) is 24.3 Å². The molecule has 0 saturated heterocycles. The van der Waals surface area contributed by atoms with Crippen molar-refractivity contribution in [2.75, 3.05) is 11.9 Å². The molecule has 1 aromatic rings. The van der Waals surface area contributed by atoms with Gasteiger partial charge in [0, 0.05) is 10.7 Å². The largest absolute Gasteiger partial charge is 0.455 e. The maximum Gasteiger partial charge on any atom is 0.309 e. The van der Waals surface area contributed by atoms with Crippen LogP contribution in [0.15, 0.2) is 24.3 Å². The summed E-state index contributed by atoms with van der Waals surface area (Å²) in [5.41, 5.74) is 0.633. The predicted octanol–water partition coefficient (Wildman–Crippen LogP) is 3.40. The average Bonchev–Trinajstić information content (AvgIpc) is 2.48. The van der Waals surface area contributed by atoms with E-state index in [4.69, 9.17) is 16.3 Å². The SMILES string of the molecule is O=C(COC(=O)C1CCCCC1)Nc1ccc(Cl)cc1. The van der Waals surface area contributed by atoms with Gasteiger partial charge in [0.15, 0.2) is 6.61 Å². The number of carbonyl (C=O) groups is 2. The zero-order chi connectivity index (χ0) is 14.4. The molecule has 20 heavy (non-hydrogen) atoms. The highest BCUT2D eigenvalue weighted by atomic mass is 35.5. The summed E-state index contributed by atoms with van der Waals surface area (Å²) in [6.45, 7) is -0.238. The topological polar surface area (TPSA) is 55.4 Å². The molecule has 1 aliphatic rings. The van der Waals surface area contributed by atoms with Crippen LogP contribution in [0.4, 0.5) is 5.69 Å². The Morgan fingerprint density at radius 1 is 1.15 bits per heavy atom. The molecule has 5 heteroatoms. The molecular weight excluding hydrogens is 278 g/mol. The molecule has 0 aromatic heterocycles. The first kappa shape index (κ1) is 14.9. The number of hydrogen-bond donors (Lipinski definition) is 1. The molecule has 1 N–H and O–H groups in total. The van der Waals surface area contributed by atoms with E-state index >= 15 is 0 Å². The molecule has 0 heterocycles. The van der Waals surface area contributed by atoms with Crippen LogP contribution in [0.3, 0.4) is 0 Å². The summed E-state index contributed by atoms with van der Waals surface area (Å²) in [4.78, 5) is 23.4. The third kappa shape index (κ3) is 4.53. The lowest BCUT2D eigenvalue weighted by atomic mass is 9.89. The van der Waals surface area contributed by atoms with Crippen LogP contribution in [-0.2, 0) is 14.3 Å². The Hall–Kier alpha value is -1.55. The molecule has 0 spiro atoms. The van der Waals surface area contributed by atoms with Crippen molar-refractivity contribution in [3.63, 3.8) is 0 Å². The number of esters is 1. The van der Waals surface area contributed by atoms with E-state index in [1.807, 2.05) is 0 Å². The van der Waals surface area contributed by atoms with Gasteiger partial charge in [-0.3, -0.25) is 9.59 Å². The summed E-state index contributed by atoms with van der Waals surface area (Å²) in [6, 6.07) is 6.77. The molecular formula is C15H18ClNO3. The van der Waals surface area contributed by atoms with Gasteiger partial charge in [0.25, 0.3) is 5.91 Å². The van der Waals surface area contributed by atoms with Gasteiger partial charge in [-0.15, -0.1) is 0 Å². The van der Waals surface area contributed by atoms with Crippen LogP contribution < -0.4 is 5.32 Å². The Morgan fingerprint density at radius 3 is 2.45 bits per heavy atom. The van der Waals surface area contributed by atoms with E-state index in [1.165, 1.54) is 6.42 Å². The third-order valence-corrected chi connectivity index (χ3v) is 3.66. The van der Waals surface area contributed by atoms with Gasteiger partial charge < -0.3 is 10.1 Å². The van der Waals surface area contributed by atoms with Crippen molar-refractivity contribution in [2.24, 2.45) is 5.92 Å². The number of carbonyl (C=O) groups excluding carboxylic acids is 2. The van der Waals surface area contributed by atoms with E-state index in [-0.39, 0.29) is 24.4 Å². The normalized spacial score (nSPS) is 15.7. The van der Waals surface area contributed by atoms with Crippen molar-refractivity contribution >= 4 is 29.2 Å². The number of nitrogens with one attached hydrogen (secondary N) is 1. The monoisotopic (exact) mass is 295 g/mol. The molecule has 0 aliphatic heterocycles. The Labute approximate surface area is 123 Å². The fourth-order valence-electron chi connectivity index (χ4n) is 2.32. The molecule has 0 radical (unpaired) electrons. The predicted molar refractivity (Wildman–Crippen MR) is 77.6 cm³/mol. The summed E-state index contributed by atoms with van der Waals surface area (Å²) in [7, 11) is 0. The Kier molecular flexibility index (Phi) is 5.41. The van der Waals surface area contributed by atoms with Crippen molar-refractivity contribution in [1.82, 2.24) is 0 Å². The van der Waals surface area contributed by atoms with Crippen LogP contribution in [0, 0.1) is 5.92 Å². The van der Waals surface area contributed by atoms with Gasteiger partial charge >= 0.3 is 5.97 Å². The van der Waals surface area contributed by atoms with Crippen LogP contribution in [0.5, 0.6) is 0 Å². The van der Waals surface area contributed by atoms with Gasteiger partial charge in [-0.1, -0.05) is 30.9 Å². The summed E-state index contributed by atoms with van der Waals surface area (Å²) in [6.07, 6.45) is 5.06. The second-order valence-electron chi connectivity index (χ2n) is 5.00. The minimum atomic E-state index is -0.337. The molecule has 1 aromatic carbocycles. The summed E-state index contributed by atoms with van der Waals surface area (Å²) in [5.74, 6) is -0.625. The standard InChI is InChI=1S/C15H18ClNO3/c16-12-6-8-13(9-7-12)17-14(18)10-20-15(19)11-4-2-1-3-5-11/h6-9,11H,1-5,10H2,(H,17,18). The number of amides is 1. The van der Waals surface area contributed by atoms with Crippen LogP contribution in [0.25, 0.3) is 0 Å². The molecule has 0 unspecified atom stereocenters. The molecule has 2 rings (SSSR count). The number of anilines is 1. The maximum atomic E-state index is 11.8. The van der Waals surface area contributed by atoms with E-state index in [9.17, 15) is 9.59 Å². The minimum Gasteiger partial charge on any atom is -0.455 e. The highest BCUT2D eigenvalue weighted by molar-refractivity contribution is 6.30. The number of hydrogen-bond acceptors (Lipinski definition) is 3. The number of halogens is 1. The zero-order valence-electron chi connectivity index (χ0n) is 11.2. The van der Waals surface area contributed by atoms with Crippen molar-refractivity contribution in [1.29, 1.82) is 0 Å². The molecule has 108 valence electrons. The van der Waals surface area contributed by atoms with E-state index in [0.29, 0.717) is 10.7 Å². The first-order chi connectivity index (χ1) is 9.65. The summed E-state index contributed by atoms with van der Waals surface area (Å²) in [5, 5.41) is 3.26. The van der Waals surface area contributed by atoms with Gasteiger partial charge in [-0.05, 0) is 37.1 Å². The lowest BCUT2D eigenvalue weighted by Crippen LogP contribution is -2.25. The van der Waals surface area contributed by atoms with Crippen LogP contribution >= 0.6 is 11.6 Å². The first-order valence-corrected chi connectivity index (χ1v) is 7.25. The van der Waals surface area contributed by atoms with Crippen molar-refractivity contribution in [3.05, 3.63) is 29.3 Å². The van der Waals surface area contributed by atoms with Gasteiger partial charge in [-0.2, -0.15) is 0 Å². The summed E-state index contributed by atoms with van der Waals surface area (Å²) >= 11 is 5.75. The third-order valence-electron chi connectivity index (χ3n) is 3.41. The average molecular weight is 296 g/mol. The molecule has 1 amide bonds. The second-order valence-corrected chi connectivity index (χ2v) is 5.43. The number of rotatable bonds is 4. The van der Waals surface area contributed by atoms with Gasteiger partial charge in [-0.25, -0.2) is 0 Å². The molecule has 4 nitrogen and oxygen atoms in total. The van der Waals surface area contributed by atoms with Crippen molar-refractivity contribution < 1.29 is 14.3 Å². The van der Waals surface area contributed by atoms with Crippen molar-refractivity contribution in [3.8, 4) is 0 Å². The Balaban J connectivity index is 1.74. The lowest BCUT2D eigenvalue weighted by molar-refractivity contribution is -0.152. The van der Waals surface area contributed by atoms with Crippen LogP contribution in [0.1, 0.15) is 32.1 Å². The Morgan fingerprint density at radius 2 is 1.80 bits per heavy atom. The van der Waals surface area contributed by atoms with Crippen LogP contribution in [-0.4, -0.2) is 18.5 Å². The highest BCUT2D eigenvalue weighted by Gasteiger charge is 2.22. The fraction of sp³-hybridized carbons (Fsp3) is 0.467. The second kappa shape index (κ2) is 7.29. The molecule has 1 fully saturated rings. The van der Waals surface area contributed by atoms with E-state index < -0.39 is 0 Å². The van der Waals surface area contributed by atoms with Gasteiger partial charge in [0.1, 0.15) is 0 Å². The van der Waals surface area contributed by atoms with Gasteiger partial charge in [0.2, 0.25) is 0 Å². The van der Waals surface area contributed by atoms with E-state index in [2.05, 4.69) is 5.32 Å². The summed E-state index contributed by atoms with van der Waals surface area (Å²) < 4.78 is 5.06.